The topological polar surface area (TPSA) is 12.0 Å². The van der Waals surface area contributed by atoms with E-state index in [1.165, 1.54) is 6.07 Å². The van der Waals surface area contributed by atoms with Gasteiger partial charge in [-0.05, 0) is 47.7 Å². The second-order valence-corrected chi connectivity index (χ2v) is 7.25. The summed E-state index contributed by atoms with van der Waals surface area (Å²) in [5, 5.41) is 4.20. The summed E-state index contributed by atoms with van der Waals surface area (Å²) in [5.74, 6) is -0.305. The minimum Gasteiger partial charge on any atom is -0.376 e. The Hall–Kier alpha value is -1.65. The summed E-state index contributed by atoms with van der Waals surface area (Å²) in [4.78, 5) is 0. The van der Waals surface area contributed by atoms with Gasteiger partial charge < -0.3 is 5.32 Å². The molecule has 0 saturated carbocycles. The molecule has 3 atom stereocenters. The zero-order chi connectivity index (χ0) is 17.8. The van der Waals surface area contributed by atoms with E-state index in [2.05, 4.69) is 5.32 Å². The van der Waals surface area contributed by atoms with Crippen LogP contribution in [0, 0.1) is 5.92 Å². The van der Waals surface area contributed by atoms with Gasteiger partial charge >= 0.3 is 6.18 Å². The highest BCUT2D eigenvalue weighted by molar-refractivity contribution is 6.33. The fourth-order valence-electron chi connectivity index (χ4n) is 3.92. The summed E-state index contributed by atoms with van der Waals surface area (Å²) >= 11 is 12.2. The molecule has 0 unspecified atom stereocenters. The number of alkyl halides is 3. The third-order valence-electron chi connectivity index (χ3n) is 5.00. The molecule has 2 aromatic carbocycles. The summed E-state index contributed by atoms with van der Waals surface area (Å²) in [6, 6.07) is 9.66. The Bertz CT molecular complexity index is 843. The summed E-state index contributed by atoms with van der Waals surface area (Å²) in [6.07, 6.45) is 0.133. The zero-order valence-electron chi connectivity index (χ0n) is 12.9. The van der Waals surface area contributed by atoms with Crippen LogP contribution >= 0.6 is 23.2 Å². The normalized spacial score (nSPS) is 24.6. The average molecular weight is 384 g/mol. The summed E-state index contributed by atoms with van der Waals surface area (Å²) in [5.41, 5.74) is 1.01. The van der Waals surface area contributed by atoms with Crippen molar-refractivity contribution in [1.29, 1.82) is 0 Å². The van der Waals surface area contributed by atoms with E-state index in [9.17, 15) is 13.2 Å². The van der Waals surface area contributed by atoms with E-state index >= 15 is 0 Å². The summed E-state index contributed by atoms with van der Waals surface area (Å²) in [6.45, 7) is 0. The van der Waals surface area contributed by atoms with Crippen molar-refractivity contribution < 1.29 is 13.2 Å². The Labute approximate surface area is 153 Å². The second-order valence-electron chi connectivity index (χ2n) is 6.41. The molecule has 0 spiro atoms. The molecule has 2 aromatic rings. The molecule has 0 aromatic heterocycles. The predicted molar refractivity (Wildman–Crippen MR) is 94.3 cm³/mol. The third kappa shape index (κ3) is 2.81. The number of hydrogen-bond acceptors (Lipinski definition) is 1. The highest BCUT2D eigenvalue weighted by Gasteiger charge is 2.44. The van der Waals surface area contributed by atoms with E-state index in [0.29, 0.717) is 22.2 Å². The van der Waals surface area contributed by atoms with Crippen LogP contribution in [-0.2, 0) is 6.18 Å². The minimum absolute atomic E-state index is 0.00763. The Kier molecular flexibility index (Phi) is 4.00. The van der Waals surface area contributed by atoms with Crippen molar-refractivity contribution >= 4 is 28.9 Å². The molecule has 2 aliphatic rings. The van der Waals surface area contributed by atoms with Crippen molar-refractivity contribution in [3.05, 3.63) is 75.3 Å². The maximum atomic E-state index is 13.5. The van der Waals surface area contributed by atoms with Gasteiger partial charge in [0.25, 0.3) is 0 Å². The fraction of sp³-hybridized carbons (Fsp3) is 0.263. The van der Waals surface area contributed by atoms with Gasteiger partial charge in [-0.2, -0.15) is 13.2 Å². The van der Waals surface area contributed by atoms with Crippen molar-refractivity contribution in [2.24, 2.45) is 5.92 Å². The highest BCUT2D eigenvalue weighted by atomic mass is 35.5. The summed E-state index contributed by atoms with van der Waals surface area (Å²) < 4.78 is 40.6. The Morgan fingerprint density at radius 2 is 1.72 bits per heavy atom. The quantitative estimate of drug-likeness (QED) is 0.531. The Balaban J connectivity index is 1.87. The monoisotopic (exact) mass is 383 g/mol. The number of rotatable bonds is 1. The first-order valence-electron chi connectivity index (χ1n) is 7.94. The lowest BCUT2D eigenvalue weighted by Gasteiger charge is -2.39. The molecular weight excluding hydrogens is 370 g/mol. The van der Waals surface area contributed by atoms with Crippen LogP contribution in [0.25, 0.3) is 0 Å². The number of halogens is 5. The fourth-order valence-corrected chi connectivity index (χ4v) is 4.27. The first kappa shape index (κ1) is 16.8. The molecule has 0 radical (unpaired) electrons. The zero-order valence-corrected chi connectivity index (χ0v) is 14.5. The minimum atomic E-state index is -4.41. The predicted octanol–water partition coefficient (Wildman–Crippen LogP) is 6.84. The number of anilines is 1. The number of benzene rings is 2. The van der Waals surface area contributed by atoms with Crippen LogP contribution in [0.4, 0.5) is 18.9 Å². The molecule has 1 nitrogen and oxygen atoms in total. The van der Waals surface area contributed by atoms with Gasteiger partial charge in [-0.25, -0.2) is 0 Å². The van der Waals surface area contributed by atoms with Gasteiger partial charge in [-0.3, -0.25) is 0 Å². The molecular formula is C19H14Cl2F3N. The van der Waals surface area contributed by atoms with Gasteiger partial charge in [0.1, 0.15) is 0 Å². The number of hydrogen-bond donors (Lipinski definition) is 1. The number of allylic oxidation sites excluding steroid dienone is 2. The van der Waals surface area contributed by atoms with Crippen molar-refractivity contribution in [2.75, 3.05) is 5.32 Å². The van der Waals surface area contributed by atoms with Gasteiger partial charge in [0.05, 0.1) is 22.3 Å². The molecule has 130 valence electrons. The molecule has 1 N–H and O–H groups in total. The van der Waals surface area contributed by atoms with Crippen LogP contribution < -0.4 is 5.32 Å². The molecule has 25 heavy (non-hydrogen) atoms. The SMILES string of the molecule is FC(F)(F)c1ccc(Cl)c2c1[C@@H]1C=CC[C@H]1[C@H](c1ccc(Cl)cc1)N2. The van der Waals surface area contributed by atoms with E-state index in [-0.39, 0.29) is 23.4 Å². The Morgan fingerprint density at radius 1 is 1.00 bits per heavy atom. The second kappa shape index (κ2) is 5.96. The van der Waals surface area contributed by atoms with Crippen molar-refractivity contribution in [1.82, 2.24) is 0 Å². The smallest absolute Gasteiger partial charge is 0.376 e. The van der Waals surface area contributed by atoms with Gasteiger partial charge in [-0.15, -0.1) is 0 Å². The lowest BCUT2D eigenvalue weighted by Crippen LogP contribution is -2.31. The van der Waals surface area contributed by atoms with Crippen molar-refractivity contribution in [3.8, 4) is 0 Å². The number of fused-ring (bicyclic) bond motifs is 3. The molecule has 4 rings (SSSR count). The Morgan fingerprint density at radius 3 is 2.40 bits per heavy atom. The molecule has 1 aliphatic heterocycles. The van der Waals surface area contributed by atoms with Crippen LogP contribution in [0.2, 0.25) is 10.0 Å². The number of nitrogens with one attached hydrogen (secondary N) is 1. The molecule has 0 bridgehead atoms. The van der Waals surface area contributed by atoms with E-state index in [0.717, 1.165) is 11.6 Å². The van der Waals surface area contributed by atoms with Crippen LogP contribution in [-0.4, -0.2) is 0 Å². The van der Waals surface area contributed by atoms with Gasteiger partial charge in [0, 0.05) is 10.9 Å². The van der Waals surface area contributed by atoms with Crippen LogP contribution in [0.1, 0.15) is 35.1 Å². The van der Waals surface area contributed by atoms with Crippen molar-refractivity contribution in [3.63, 3.8) is 0 Å². The first-order valence-corrected chi connectivity index (χ1v) is 8.70. The maximum Gasteiger partial charge on any atom is 0.416 e. The molecule has 1 aliphatic carbocycles. The van der Waals surface area contributed by atoms with E-state index in [4.69, 9.17) is 23.2 Å². The van der Waals surface area contributed by atoms with E-state index < -0.39 is 11.7 Å². The maximum absolute atomic E-state index is 13.5. The first-order chi connectivity index (χ1) is 11.9. The standard InChI is InChI=1S/C19H14Cl2F3N/c20-11-6-4-10(5-7-11)17-13-3-1-2-12(13)16-14(19(22,23)24)8-9-15(21)18(16)25-17/h1-2,4-9,12-13,17,25H,3H2/t12-,13-,17+/m1/s1. The molecule has 1 heterocycles. The third-order valence-corrected chi connectivity index (χ3v) is 5.57. The highest BCUT2D eigenvalue weighted by Crippen LogP contribution is 2.54. The van der Waals surface area contributed by atoms with Gasteiger partial charge in [0.15, 0.2) is 0 Å². The largest absolute Gasteiger partial charge is 0.416 e. The molecule has 0 fully saturated rings. The summed E-state index contributed by atoms with van der Waals surface area (Å²) in [7, 11) is 0. The van der Waals surface area contributed by atoms with Crippen LogP contribution in [0.5, 0.6) is 0 Å². The van der Waals surface area contributed by atoms with Crippen LogP contribution in [0.3, 0.4) is 0 Å². The van der Waals surface area contributed by atoms with Gasteiger partial charge in [-0.1, -0.05) is 47.5 Å². The van der Waals surface area contributed by atoms with Crippen LogP contribution in [0.15, 0.2) is 48.6 Å². The van der Waals surface area contributed by atoms with E-state index in [1.54, 1.807) is 12.1 Å². The molecule has 6 heteroatoms. The lowest BCUT2D eigenvalue weighted by atomic mass is 9.75. The van der Waals surface area contributed by atoms with E-state index in [1.807, 2.05) is 24.3 Å². The van der Waals surface area contributed by atoms with Crippen molar-refractivity contribution in [2.45, 2.75) is 24.6 Å². The molecule has 0 amide bonds. The van der Waals surface area contributed by atoms with Gasteiger partial charge in [0.2, 0.25) is 0 Å². The molecule has 0 saturated heterocycles. The lowest BCUT2D eigenvalue weighted by molar-refractivity contribution is -0.138. The average Bonchev–Trinajstić information content (AvgIpc) is 3.04.